The van der Waals surface area contributed by atoms with E-state index in [0.717, 1.165) is 10.5 Å². The van der Waals surface area contributed by atoms with E-state index in [9.17, 15) is 24.3 Å². The third-order valence-electron chi connectivity index (χ3n) is 5.03. The standard InChI is InChI=1S/C23H22N2O5/c1-2-8-16(23(29)30)14-24-20(26)19(13-15-9-4-3-5-10-15)25-21(27)17-11-6-7-12-18(17)22(25)28/h2-7,9-12,16,19H,1,8,13-14H2,(H,24,26)(H,29,30). The van der Waals surface area contributed by atoms with Gasteiger partial charge in [0.2, 0.25) is 5.91 Å². The smallest absolute Gasteiger partial charge is 0.308 e. The minimum Gasteiger partial charge on any atom is -0.481 e. The second kappa shape index (κ2) is 9.17. The Balaban J connectivity index is 1.87. The van der Waals surface area contributed by atoms with Crippen molar-refractivity contribution in [2.75, 3.05) is 6.54 Å². The first kappa shape index (κ1) is 21.0. The van der Waals surface area contributed by atoms with Gasteiger partial charge in [-0.15, -0.1) is 6.58 Å². The lowest BCUT2D eigenvalue weighted by Gasteiger charge is -2.26. The maximum atomic E-state index is 13.0. The molecule has 0 saturated carbocycles. The number of aliphatic carboxylic acids is 1. The summed E-state index contributed by atoms with van der Waals surface area (Å²) in [6, 6.07) is 14.4. The molecule has 1 heterocycles. The zero-order valence-corrected chi connectivity index (χ0v) is 16.3. The first-order chi connectivity index (χ1) is 14.4. The molecule has 2 atom stereocenters. The van der Waals surface area contributed by atoms with Gasteiger partial charge in [-0.3, -0.25) is 24.1 Å². The zero-order valence-electron chi connectivity index (χ0n) is 16.3. The van der Waals surface area contributed by atoms with Crippen molar-refractivity contribution in [3.8, 4) is 0 Å². The fourth-order valence-electron chi connectivity index (χ4n) is 3.44. The second-order valence-electron chi connectivity index (χ2n) is 7.04. The molecule has 0 bridgehead atoms. The molecule has 2 N–H and O–H groups in total. The molecule has 2 unspecified atom stereocenters. The lowest BCUT2D eigenvalue weighted by molar-refractivity contribution is -0.141. The van der Waals surface area contributed by atoms with Gasteiger partial charge in [-0.1, -0.05) is 48.5 Å². The summed E-state index contributed by atoms with van der Waals surface area (Å²) in [5, 5.41) is 11.9. The van der Waals surface area contributed by atoms with Gasteiger partial charge in [-0.05, 0) is 24.1 Å². The normalized spacial score (nSPS) is 14.7. The number of nitrogens with one attached hydrogen (secondary N) is 1. The van der Waals surface area contributed by atoms with E-state index >= 15 is 0 Å². The Morgan fingerprint density at radius 1 is 1.00 bits per heavy atom. The summed E-state index contributed by atoms with van der Waals surface area (Å²) in [4.78, 5) is 51.2. The average molecular weight is 406 g/mol. The number of carboxylic acids is 1. The third-order valence-corrected chi connectivity index (χ3v) is 5.03. The predicted molar refractivity (Wildman–Crippen MR) is 110 cm³/mol. The lowest BCUT2D eigenvalue weighted by Crippen LogP contribution is -2.51. The molecule has 0 aromatic heterocycles. The number of rotatable bonds is 9. The lowest BCUT2D eigenvalue weighted by atomic mass is 10.0. The molecule has 0 radical (unpaired) electrons. The number of benzene rings is 2. The van der Waals surface area contributed by atoms with Crippen molar-refractivity contribution < 1.29 is 24.3 Å². The molecule has 0 saturated heterocycles. The van der Waals surface area contributed by atoms with Crippen LogP contribution in [-0.2, 0) is 16.0 Å². The van der Waals surface area contributed by atoms with Crippen LogP contribution in [0.2, 0.25) is 0 Å². The highest BCUT2D eigenvalue weighted by molar-refractivity contribution is 6.22. The van der Waals surface area contributed by atoms with Gasteiger partial charge in [0.1, 0.15) is 6.04 Å². The molecule has 0 aliphatic carbocycles. The summed E-state index contributed by atoms with van der Waals surface area (Å²) in [7, 11) is 0. The molecule has 7 nitrogen and oxygen atoms in total. The Morgan fingerprint density at radius 2 is 1.57 bits per heavy atom. The average Bonchev–Trinajstić information content (AvgIpc) is 3.00. The molecule has 1 aliphatic heterocycles. The molecule has 2 aromatic rings. The topological polar surface area (TPSA) is 104 Å². The van der Waals surface area contributed by atoms with Crippen LogP contribution in [0.25, 0.3) is 0 Å². The van der Waals surface area contributed by atoms with Gasteiger partial charge in [0.25, 0.3) is 11.8 Å². The number of nitrogens with zero attached hydrogens (tertiary/aromatic N) is 1. The Kier molecular flexibility index (Phi) is 6.41. The molecule has 1 aliphatic rings. The number of amides is 3. The van der Waals surface area contributed by atoms with Crippen molar-refractivity contribution >= 4 is 23.7 Å². The summed E-state index contributed by atoms with van der Waals surface area (Å²) in [6.45, 7) is 3.40. The van der Waals surface area contributed by atoms with E-state index in [1.54, 1.807) is 48.5 Å². The van der Waals surface area contributed by atoms with E-state index in [1.807, 2.05) is 6.07 Å². The van der Waals surface area contributed by atoms with Gasteiger partial charge < -0.3 is 10.4 Å². The summed E-state index contributed by atoms with van der Waals surface area (Å²) in [6.07, 6.45) is 1.78. The first-order valence-corrected chi connectivity index (χ1v) is 9.56. The van der Waals surface area contributed by atoms with Gasteiger partial charge in [0.15, 0.2) is 0 Å². The summed E-state index contributed by atoms with van der Waals surface area (Å²) in [5.41, 5.74) is 1.28. The summed E-state index contributed by atoms with van der Waals surface area (Å²) < 4.78 is 0. The van der Waals surface area contributed by atoms with Crippen LogP contribution in [0.15, 0.2) is 67.3 Å². The molecular formula is C23H22N2O5. The molecule has 154 valence electrons. The minimum atomic E-state index is -1.10. The molecule has 0 spiro atoms. The first-order valence-electron chi connectivity index (χ1n) is 9.56. The van der Waals surface area contributed by atoms with Gasteiger partial charge in [-0.2, -0.15) is 0 Å². The van der Waals surface area contributed by atoms with E-state index in [1.165, 1.54) is 6.08 Å². The number of carboxylic acid groups (broad SMARTS) is 1. The van der Waals surface area contributed by atoms with Crippen LogP contribution in [0, 0.1) is 5.92 Å². The molecule has 0 fully saturated rings. The maximum absolute atomic E-state index is 13.0. The van der Waals surface area contributed by atoms with Crippen molar-refractivity contribution in [2.45, 2.75) is 18.9 Å². The summed E-state index contributed by atoms with van der Waals surface area (Å²) in [5.74, 6) is -3.55. The number of hydrogen-bond donors (Lipinski definition) is 2. The number of allylic oxidation sites excluding steroid dienone is 1. The molecule has 2 aromatic carbocycles. The van der Waals surface area contributed by atoms with Crippen LogP contribution in [-0.4, -0.2) is 46.3 Å². The Bertz CT molecular complexity index is 951. The number of carbonyl (C=O) groups excluding carboxylic acids is 3. The van der Waals surface area contributed by atoms with Crippen molar-refractivity contribution in [3.63, 3.8) is 0 Å². The van der Waals surface area contributed by atoms with E-state index in [2.05, 4.69) is 11.9 Å². The Morgan fingerprint density at radius 3 is 2.10 bits per heavy atom. The molecular weight excluding hydrogens is 384 g/mol. The maximum Gasteiger partial charge on any atom is 0.308 e. The van der Waals surface area contributed by atoms with Crippen LogP contribution in [0.5, 0.6) is 0 Å². The molecule has 7 heteroatoms. The highest BCUT2D eigenvalue weighted by Gasteiger charge is 2.42. The van der Waals surface area contributed by atoms with Crippen LogP contribution in [0.3, 0.4) is 0 Å². The zero-order chi connectivity index (χ0) is 21.7. The van der Waals surface area contributed by atoms with Gasteiger partial charge in [0.05, 0.1) is 17.0 Å². The third kappa shape index (κ3) is 4.30. The van der Waals surface area contributed by atoms with Gasteiger partial charge in [-0.25, -0.2) is 0 Å². The quantitative estimate of drug-likeness (QED) is 0.491. The van der Waals surface area contributed by atoms with Crippen molar-refractivity contribution in [2.24, 2.45) is 5.92 Å². The minimum absolute atomic E-state index is 0.122. The van der Waals surface area contributed by atoms with Crippen molar-refractivity contribution in [3.05, 3.63) is 83.9 Å². The second-order valence-corrected chi connectivity index (χ2v) is 7.04. The summed E-state index contributed by atoms with van der Waals surface area (Å²) >= 11 is 0. The largest absolute Gasteiger partial charge is 0.481 e. The van der Waals surface area contributed by atoms with Gasteiger partial charge >= 0.3 is 5.97 Å². The Labute approximate surface area is 174 Å². The molecule has 3 rings (SSSR count). The predicted octanol–water partition coefficient (Wildman–Crippen LogP) is 2.29. The van der Waals surface area contributed by atoms with E-state index in [0.29, 0.717) is 0 Å². The van der Waals surface area contributed by atoms with Crippen molar-refractivity contribution in [1.29, 1.82) is 0 Å². The number of fused-ring (bicyclic) bond motifs is 1. The van der Waals surface area contributed by atoms with E-state index in [-0.39, 0.29) is 30.5 Å². The Hall–Kier alpha value is -3.74. The van der Waals surface area contributed by atoms with E-state index in [4.69, 9.17) is 0 Å². The van der Waals surface area contributed by atoms with Crippen LogP contribution < -0.4 is 5.32 Å². The highest BCUT2D eigenvalue weighted by atomic mass is 16.4. The highest BCUT2D eigenvalue weighted by Crippen LogP contribution is 2.26. The SMILES string of the molecule is C=CCC(CNC(=O)C(Cc1ccccc1)N1C(=O)c2ccccc2C1=O)C(=O)O. The number of imide groups is 1. The van der Waals surface area contributed by atoms with Crippen molar-refractivity contribution in [1.82, 2.24) is 10.2 Å². The van der Waals surface area contributed by atoms with Crippen LogP contribution in [0.4, 0.5) is 0 Å². The number of carbonyl (C=O) groups is 4. The fraction of sp³-hybridized carbons (Fsp3) is 0.217. The van der Waals surface area contributed by atoms with Gasteiger partial charge in [0, 0.05) is 13.0 Å². The monoisotopic (exact) mass is 406 g/mol. The van der Waals surface area contributed by atoms with Crippen LogP contribution >= 0.6 is 0 Å². The molecule has 3 amide bonds. The number of hydrogen-bond acceptors (Lipinski definition) is 4. The van der Waals surface area contributed by atoms with Crippen LogP contribution in [0.1, 0.15) is 32.7 Å². The molecule has 30 heavy (non-hydrogen) atoms. The fourth-order valence-corrected chi connectivity index (χ4v) is 3.44. The van der Waals surface area contributed by atoms with E-state index < -0.39 is 35.7 Å².